The van der Waals surface area contributed by atoms with E-state index in [1.54, 1.807) is 10.9 Å². The SMILES string of the molecule is C[C@@H]1[C@@H](NC(=O)CCn2cccn2)CCN1C(=O)c1ccc(N(C)C)cc1. The Balaban J connectivity index is 1.54. The second-order valence-corrected chi connectivity index (χ2v) is 7.16. The molecule has 7 nitrogen and oxygen atoms in total. The molecule has 0 radical (unpaired) electrons. The Morgan fingerprint density at radius 3 is 2.63 bits per heavy atom. The van der Waals surface area contributed by atoms with Crippen molar-refractivity contribution >= 4 is 17.5 Å². The van der Waals surface area contributed by atoms with Gasteiger partial charge in [0, 0.05) is 63.3 Å². The summed E-state index contributed by atoms with van der Waals surface area (Å²) in [6.45, 7) is 3.21. The molecule has 1 fully saturated rings. The van der Waals surface area contributed by atoms with Crippen molar-refractivity contribution in [3.63, 3.8) is 0 Å². The molecule has 2 atom stereocenters. The van der Waals surface area contributed by atoms with Gasteiger partial charge in [0.2, 0.25) is 5.91 Å². The van der Waals surface area contributed by atoms with E-state index >= 15 is 0 Å². The molecule has 2 amide bonds. The first-order valence-electron chi connectivity index (χ1n) is 9.31. The van der Waals surface area contributed by atoms with Crippen molar-refractivity contribution in [2.24, 2.45) is 0 Å². The minimum Gasteiger partial charge on any atom is -0.378 e. The predicted molar refractivity (Wildman–Crippen MR) is 105 cm³/mol. The maximum atomic E-state index is 12.8. The Morgan fingerprint density at radius 1 is 1.26 bits per heavy atom. The summed E-state index contributed by atoms with van der Waals surface area (Å²) in [7, 11) is 3.94. The lowest BCUT2D eigenvalue weighted by Crippen LogP contribution is -2.45. The summed E-state index contributed by atoms with van der Waals surface area (Å²) < 4.78 is 1.74. The highest BCUT2D eigenvalue weighted by atomic mass is 16.2. The van der Waals surface area contributed by atoms with E-state index in [-0.39, 0.29) is 23.9 Å². The zero-order valence-electron chi connectivity index (χ0n) is 16.1. The first-order valence-corrected chi connectivity index (χ1v) is 9.31. The highest BCUT2D eigenvalue weighted by Gasteiger charge is 2.35. The average molecular weight is 369 g/mol. The average Bonchev–Trinajstić information content (AvgIpc) is 3.30. The molecule has 0 aliphatic carbocycles. The van der Waals surface area contributed by atoms with Crippen LogP contribution in [0.5, 0.6) is 0 Å². The number of likely N-dealkylation sites (tertiary alicyclic amines) is 1. The van der Waals surface area contributed by atoms with Gasteiger partial charge in [-0.2, -0.15) is 5.10 Å². The molecular weight excluding hydrogens is 342 g/mol. The third-order valence-electron chi connectivity index (χ3n) is 5.12. The number of anilines is 1. The highest BCUT2D eigenvalue weighted by molar-refractivity contribution is 5.95. The number of nitrogens with zero attached hydrogens (tertiary/aromatic N) is 4. The van der Waals surface area contributed by atoms with Gasteiger partial charge in [0.1, 0.15) is 0 Å². The quantitative estimate of drug-likeness (QED) is 0.842. The van der Waals surface area contributed by atoms with E-state index in [1.807, 2.05) is 67.3 Å². The smallest absolute Gasteiger partial charge is 0.254 e. The number of nitrogens with one attached hydrogen (secondary N) is 1. The number of benzene rings is 1. The van der Waals surface area contributed by atoms with E-state index < -0.39 is 0 Å². The lowest BCUT2D eigenvalue weighted by molar-refractivity contribution is -0.122. The van der Waals surface area contributed by atoms with Crippen molar-refractivity contribution in [3.8, 4) is 0 Å². The molecule has 1 aliphatic rings. The Hall–Kier alpha value is -2.83. The Labute approximate surface area is 159 Å². The minimum absolute atomic E-state index is 0.00742. The van der Waals surface area contributed by atoms with Gasteiger partial charge in [-0.15, -0.1) is 0 Å². The molecule has 2 heterocycles. The summed E-state index contributed by atoms with van der Waals surface area (Å²) in [5.74, 6) is 0.00748. The lowest BCUT2D eigenvalue weighted by Gasteiger charge is -2.25. The van der Waals surface area contributed by atoms with Gasteiger partial charge in [-0.25, -0.2) is 0 Å². The summed E-state index contributed by atoms with van der Waals surface area (Å²) in [6, 6.07) is 9.41. The van der Waals surface area contributed by atoms with Crippen molar-refractivity contribution in [1.29, 1.82) is 0 Å². The van der Waals surface area contributed by atoms with Crippen molar-refractivity contribution < 1.29 is 9.59 Å². The molecule has 0 saturated carbocycles. The zero-order chi connectivity index (χ0) is 19.4. The monoisotopic (exact) mass is 369 g/mol. The second kappa shape index (κ2) is 8.24. The summed E-state index contributed by atoms with van der Waals surface area (Å²) in [6.07, 6.45) is 4.69. The van der Waals surface area contributed by atoms with Crippen LogP contribution in [0, 0.1) is 0 Å². The summed E-state index contributed by atoms with van der Waals surface area (Å²) in [5.41, 5.74) is 1.74. The van der Waals surface area contributed by atoms with E-state index in [1.165, 1.54) is 0 Å². The van der Waals surface area contributed by atoms with Gasteiger partial charge in [-0.3, -0.25) is 14.3 Å². The van der Waals surface area contributed by atoms with Gasteiger partial charge in [0.25, 0.3) is 5.91 Å². The number of carbonyl (C=O) groups excluding carboxylic acids is 2. The van der Waals surface area contributed by atoms with Crippen LogP contribution in [0.15, 0.2) is 42.7 Å². The van der Waals surface area contributed by atoms with Gasteiger partial charge in [0.15, 0.2) is 0 Å². The third kappa shape index (κ3) is 4.48. The third-order valence-corrected chi connectivity index (χ3v) is 5.12. The van der Waals surface area contributed by atoms with Crippen LogP contribution in [0.1, 0.15) is 30.1 Å². The molecule has 1 aromatic heterocycles. The van der Waals surface area contributed by atoms with Crippen LogP contribution in [-0.2, 0) is 11.3 Å². The molecule has 2 aromatic rings. The fourth-order valence-electron chi connectivity index (χ4n) is 3.42. The summed E-state index contributed by atoms with van der Waals surface area (Å²) in [4.78, 5) is 28.9. The molecule has 3 rings (SSSR count). The number of carbonyl (C=O) groups is 2. The van der Waals surface area contributed by atoms with E-state index in [0.29, 0.717) is 25.1 Å². The number of aryl methyl sites for hydroxylation is 1. The predicted octanol–water partition coefficient (Wildman–Crippen LogP) is 1.76. The lowest BCUT2D eigenvalue weighted by atomic mass is 10.1. The largest absolute Gasteiger partial charge is 0.378 e. The first-order chi connectivity index (χ1) is 13.0. The summed E-state index contributed by atoms with van der Waals surface area (Å²) in [5, 5.41) is 7.17. The zero-order valence-corrected chi connectivity index (χ0v) is 16.1. The molecule has 0 spiro atoms. The van der Waals surface area contributed by atoms with E-state index in [9.17, 15) is 9.59 Å². The van der Waals surface area contributed by atoms with E-state index in [4.69, 9.17) is 0 Å². The molecule has 0 unspecified atom stereocenters. The molecule has 0 bridgehead atoms. The maximum absolute atomic E-state index is 12.8. The van der Waals surface area contributed by atoms with E-state index in [0.717, 1.165) is 12.1 Å². The van der Waals surface area contributed by atoms with Crippen LogP contribution in [0.2, 0.25) is 0 Å². The van der Waals surface area contributed by atoms with Crippen LogP contribution < -0.4 is 10.2 Å². The Bertz CT molecular complexity index is 770. The van der Waals surface area contributed by atoms with Gasteiger partial charge < -0.3 is 15.1 Å². The van der Waals surface area contributed by atoms with Crippen molar-refractivity contribution in [3.05, 3.63) is 48.3 Å². The van der Waals surface area contributed by atoms with Crippen LogP contribution >= 0.6 is 0 Å². The standard InChI is InChI=1S/C20H27N5O2/c1-15-18(22-19(26)10-13-24-12-4-11-21-24)9-14-25(15)20(27)16-5-7-17(8-6-16)23(2)3/h4-8,11-12,15,18H,9-10,13-14H2,1-3H3,(H,22,26)/t15-,18+/m1/s1. The molecule has 7 heteroatoms. The number of amides is 2. The number of aromatic nitrogens is 2. The highest BCUT2D eigenvalue weighted by Crippen LogP contribution is 2.22. The molecule has 1 saturated heterocycles. The summed E-state index contributed by atoms with van der Waals surface area (Å²) >= 11 is 0. The van der Waals surface area contributed by atoms with Gasteiger partial charge in [0.05, 0.1) is 6.04 Å². The van der Waals surface area contributed by atoms with Crippen LogP contribution in [0.25, 0.3) is 0 Å². The fraction of sp³-hybridized carbons (Fsp3) is 0.450. The molecule has 1 aromatic carbocycles. The van der Waals surface area contributed by atoms with E-state index in [2.05, 4.69) is 10.4 Å². The molecule has 27 heavy (non-hydrogen) atoms. The number of hydrogen-bond acceptors (Lipinski definition) is 4. The first kappa shape index (κ1) is 18.9. The topological polar surface area (TPSA) is 70.5 Å². The Kier molecular flexibility index (Phi) is 5.78. The molecule has 1 aliphatic heterocycles. The Morgan fingerprint density at radius 2 is 2.00 bits per heavy atom. The van der Waals surface area contributed by atoms with Gasteiger partial charge >= 0.3 is 0 Å². The van der Waals surface area contributed by atoms with Crippen molar-refractivity contribution in [2.45, 2.75) is 38.4 Å². The van der Waals surface area contributed by atoms with Crippen molar-refractivity contribution in [2.75, 3.05) is 25.5 Å². The normalized spacial score (nSPS) is 19.1. The van der Waals surface area contributed by atoms with Crippen LogP contribution in [0.3, 0.4) is 0 Å². The van der Waals surface area contributed by atoms with Gasteiger partial charge in [-0.1, -0.05) is 0 Å². The molecule has 1 N–H and O–H groups in total. The molecular formula is C20H27N5O2. The molecule has 144 valence electrons. The minimum atomic E-state index is -0.0281. The second-order valence-electron chi connectivity index (χ2n) is 7.16. The van der Waals surface area contributed by atoms with Crippen molar-refractivity contribution in [1.82, 2.24) is 20.0 Å². The van der Waals surface area contributed by atoms with Crippen LogP contribution in [0.4, 0.5) is 5.69 Å². The number of hydrogen-bond donors (Lipinski definition) is 1. The number of rotatable bonds is 6. The van der Waals surface area contributed by atoms with Gasteiger partial charge in [-0.05, 0) is 43.7 Å². The fourth-order valence-corrected chi connectivity index (χ4v) is 3.42. The van der Waals surface area contributed by atoms with Crippen LogP contribution in [-0.4, -0.2) is 59.2 Å². The maximum Gasteiger partial charge on any atom is 0.254 e.